The van der Waals surface area contributed by atoms with E-state index in [9.17, 15) is 92.3 Å². The van der Waals surface area contributed by atoms with Crippen molar-refractivity contribution in [2.24, 2.45) is 11.8 Å². The summed E-state index contributed by atoms with van der Waals surface area (Å²) in [5, 5.41) is 62.3. The summed E-state index contributed by atoms with van der Waals surface area (Å²) in [6.07, 6.45) is 5.77. The van der Waals surface area contributed by atoms with Crippen molar-refractivity contribution in [1.82, 2.24) is 63.0 Å². The second kappa shape index (κ2) is 36.6. The van der Waals surface area contributed by atoms with Crippen LogP contribution in [-0.4, -0.2) is 213 Å². The van der Waals surface area contributed by atoms with E-state index in [1.807, 2.05) is 0 Å². The topological polar surface area (TPSA) is 464 Å². The first kappa shape index (κ1) is 72.0. The predicted octanol–water partition coefficient (Wildman–Crippen LogP) is -3.46. The maximum atomic E-state index is 14.8. The molecular formula is C55H86N12O19. The summed E-state index contributed by atoms with van der Waals surface area (Å²) in [5.74, 6) is -17.3. The van der Waals surface area contributed by atoms with Crippen LogP contribution in [-0.2, 0) is 71.9 Å². The number of fused-ring (bicyclic) bond motifs is 2. The number of unbranched alkanes of at least 4 members (excludes halogenated alkanes) is 5. The van der Waals surface area contributed by atoms with Crippen LogP contribution in [0.4, 0.5) is 0 Å². The molecule has 3 fully saturated rings. The number of carbonyl (C=O) groups excluding carboxylic acids is 12. The van der Waals surface area contributed by atoms with Gasteiger partial charge in [0, 0.05) is 19.6 Å². The highest BCUT2D eigenvalue weighted by atomic mass is 16.4. The molecule has 10 unspecified atom stereocenters. The third-order valence-electron chi connectivity index (χ3n) is 14.6. The molecule has 0 bridgehead atoms. The minimum absolute atomic E-state index is 0.0164. The van der Waals surface area contributed by atoms with Gasteiger partial charge in [0.15, 0.2) is 0 Å². The lowest BCUT2D eigenvalue weighted by molar-refractivity contribution is -0.146. The third kappa shape index (κ3) is 24.8. The van der Waals surface area contributed by atoms with Crippen LogP contribution in [0.2, 0.25) is 0 Å². The Balaban J connectivity index is 2.05. The molecule has 0 aromatic carbocycles. The van der Waals surface area contributed by atoms with E-state index in [2.05, 4.69) is 67.0 Å². The van der Waals surface area contributed by atoms with E-state index >= 15 is 0 Å². The largest absolute Gasteiger partial charge is 0.481 e. The summed E-state index contributed by atoms with van der Waals surface area (Å²) in [7, 11) is 0. The van der Waals surface area contributed by atoms with Crippen molar-refractivity contribution in [2.45, 2.75) is 192 Å². The molecule has 3 heterocycles. The first-order chi connectivity index (χ1) is 40.6. The molecule has 12 amide bonds. The number of allylic oxidation sites excluding steroid dienone is 1. The molecule has 3 saturated heterocycles. The maximum absolute atomic E-state index is 14.8. The summed E-state index contributed by atoms with van der Waals surface area (Å²) in [4.78, 5) is 202. The van der Waals surface area contributed by atoms with Crippen molar-refractivity contribution in [3.8, 4) is 0 Å². The number of carboxylic acid groups (broad SMARTS) is 3. The zero-order valence-corrected chi connectivity index (χ0v) is 49.4. The zero-order valence-electron chi connectivity index (χ0n) is 49.4. The molecule has 0 aliphatic carbocycles. The predicted molar refractivity (Wildman–Crippen MR) is 302 cm³/mol. The summed E-state index contributed by atoms with van der Waals surface area (Å²) in [6, 6.07) is -13.2. The second-order valence-corrected chi connectivity index (χ2v) is 22.1. The fraction of sp³-hybridized carbons (Fsp3) is 0.691. The van der Waals surface area contributed by atoms with Gasteiger partial charge in [0.05, 0.1) is 45.0 Å². The maximum Gasteiger partial charge on any atom is 0.305 e. The van der Waals surface area contributed by atoms with Gasteiger partial charge in [0.2, 0.25) is 70.9 Å². The molecule has 86 heavy (non-hydrogen) atoms. The van der Waals surface area contributed by atoms with E-state index in [4.69, 9.17) is 0 Å². The standard InChI is InChI=1S/C55H86N12O19/c1-6-31(4)46-55(86)67-22-16-19-38(67)51(82)56-26-36(63-50(81)35(25-45(77)78)60-39(69)20-13-11-9-7-8-10-12-17-30(2)3)54(85)66-21-15-14-18-37(66)52(83)59-28-41(71)62-33(23-43(73)74)48(79)57-27-40(70)61-34(24-44(75)76)49(80)58-29-42(72)64-47(32(5)68)53(84)65-46/h13,20,30-38,46-47,68H,6-12,14-19,21-29H2,1-5H3,(H,56,82)(H,57,79)(H,58,80)(H,59,83)(H,60,69)(H,61,70)(H,62,71)(H,63,81)(H,64,72)(H,65,84)(H,73,74)(H,75,76)(H,77,78). The Labute approximate surface area is 497 Å². The van der Waals surface area contributed by atoms with Gasteiger partial charge in [-0.15, -0.1) is 0 Å². The van der Waals surface area contributed by atoms with Gasteiger partial charge < -0.3 is 83.4 Å². The Bertz CT molecular complexity index is 2490. The lowest BCUT2D eigenvalue weighted by atomic mass is 9.96. The SMILES string of the molecule is CCC(C)C1NC(=O)C(C(C)O)NC(=O)CNC(=O)C(CC(=O)O)NC(=O)CNC(=O)C(CC(=O)O)NC(=O)CNC(=O)C2CCCCN2C(=O)C(NC(=O)C(CC(=O)O)NC(=O)C=CCCCCCCCC(C)C)CNC(=O)C2CCCN2C1=O. The van der Waals surface area contributed by atoms with E-state index < -0.39 is 195 Å². The number of nitrogens with zero attached hydrogens (tertiary/aromatic N) is 2. The number of aliphatic hydroxyl groups excluding tert-OH is 1. The van der Waals surface area contributed by atoms with E-state index in [0.717, 1.165) is 56.4 Å². The van der Waals surface area contributed by atoms with Crippen LogP contribution in [0.5, 0.6) is 0 Å². The van der Waals surface area contributed by atoms with Crippen molar-refractivity contribution >= 4 is 88.8 Å². The molecule has 0 spiro atoms. The average Bonchev–Trinajstić information content (AvgIpc) is 2.02. The zero-order chi connectivity index (χ0) is 64.2. The third-order valence-corrected chi connectivity index (χ3v) is 14.6. The number of amides is 12. The Morgan fingerprint density at radius 2 is 1.10 bits per heavy atom. The smallest absolute Gasteiger partial charge is 0.305 e. The van der Waals surface area contributed by atoms with Gasteiger partial charge in [0.25, 0.3) is 0 Å². The Morgan fingerprint density at radius 3 is 1.65 bits per heavy atom. The Kier molecular flexibility index (Phi) is 30.6. The normalized spacial score (nSPS) is 24.3. The van der Waals surface area contributed by atoms with E-state index in [1.54, 1.807) is 19.9 Å². The number of nitrogens with one attached hydrogen (secondary N) is 10. The number of carbonyl (C=O) groups is 15. The monoisotopic (exact) mass is 1220 g/mol. The molecule has 3 rings (SSSR count). The minimum Gasteiger partial charge on any atom is -0.481 e. The quantitative estimate of drug-likeness (QED) is 0.0392. The summed E-state index contributed by atoms with van der Waals surface area (Å²) >= 11 is 0. The van der Waals surface area contributed by atoms with E-state index in [-0.39, 0.29) is 38.8 Å². The molecule has 3 aliphatic heterocycles. The molecule has 0 radical (unpaired) electrons. The van der Waals surface area contributed by atoms with Crippen molar-refractivity contribution < 1.29 is 92.3 Å². The van der Waals surface area contributed by atoms with E-state index in [0.29, 0.717) is 25.2 Å². The van der Waals surface area contributed by atoms with Crippen LogP contribution >= 0.6 is 0 Å². The van der Waals surface area contributed by atoms with Gasteiger partial charge in [-0.3, -0.25) is 71.9 Å². The summed E-state index contributed by atoms with van der Waals surface area (Å²) < 4.78 is 0. The molecule has 31 heteroatoms. The van der Waals surface area contributed by atoms with Gasteiger partial charge in [-0.05, 0) is 69.8 Å². The lowest BCUT2D eigenvalue weighted by Crippen LogP contribution is -2.63. The highest BCUT2D eigenvalue weighted by molar-refractivity contribution is 6.00. The molecule has 0 saturated carbocycles. The number of carboxylic acids is 3. The van der Waals surface area contributed by atoms with Gasteiger partial charge in [-0.25, -0.2) is 0 Å². The van der Waals surface area contributed by atoms with Gasteiger partial charge in [-0.2, -0.15) is 0 Å². The molecular weight excluding hydrogens is 1130 g/mol. The van der Waals surface area contributed by atoms with Crippen molar-refractivity contribution in [1.29, 1.82) is 0 Å². The highest BCUT2D eigenvalue weighted by Gasteiger charge is 2.43. The van der Waals surface area contributed by atoms with Crippen LogP contribution in [0.15, 0.2) is 12.2 Å². The Morgan fingerprint density at radius 1 is 0.593 bits per heavy atom. The Hall–Kier alpha value is -8.25. The van der Waals surface area contributed by atoms with Gasteiger partial charge in [0.1, 0.15) is 48.3 Å². The summed E-state index contributed by atoms with van der Waals surface area (Å²) in [6.45, 7) is 4.98. The molecule has 14 N–H and O–H groups in total. The van der Waals surface area contributed by atoms with Gasteiger partial charge >= 0.3 is 17.9 Å². The number of piperidine rings is 1. The van der Waals surface area contributed by atoms with Crippen molar-refractivity contribution in [3.05, 3.63) is 12.2 Å². The minimum atomic E-state index is -1.90. The molecule has 480 valence electrons. The fourth-order valence-corrected chi connectivity index (χ4v) is 9.76. The first-order valence-corrected chi connectivity index (χ1v) is 29.1. The van der Waals surface area contributed by atoms with Crippen LogP contribution in [0.3, 0.4) is 0 Å². The fourth-order valence-electron chi connectivity index (χ4n) is 9.76. The van der Waals surface area contributed by atoms with Crippen LogP contribution in [0.25, 0.3) is 0 Å². The molecule has 0 aromatic rings. The number of aliphatic carboxylic acids is 3. The van der Waals surface area contributed by atoms with Gasteiger partial charge in [-0.1, -0.05) is 72.3 Å². The highest BCUT2D eigenvalue weighted by Crippen LogP contribution is 2.23. The number of hydrogen-bond donors (Lipinski definition) is 14. The van der Waals surface area contributed by atoms with Crippen LogP contribution in [0.1, 0.15) is 137 Å². The molecule has 31 nitrogen and oxygen atoms in total. The lowest BCUT2D eigenvalue weighted by Gasteiger charge is -2.37. The summed E-state index contributed by atoms with van der Waals surface area (Å²) in [5.41, 5.74) is 0. The molecule has 3 aliphatic rings. The molecule has 10 atom stereocenters. The van der Waals surface area contributed by atoms with Crippen molar-refractivity contribution in [3.63, 3.8) is 0 Å². The van der Waals surface area contributed by atoms with Crippen LogP contribution < -0.4 is 53.2 Å². The molecule has 0 aromatic heterocycles. The first-order valence-electron chi connectivity index (χ1n) is 29.1. The average molecular weight is 1220 g/mol. The van der Waals surface area contributed by atoms with E-state index in [1.165, 1.54) is 4.90 Å². The van der Waals surface area contributed by atoms with Crippen molar-refractivity contribution in [2.75, 3.05) is 39.3 Å². The van der Waals surface area contributed by atoms with Crippen LogP contribution in [0, 0.1) is 11.8 Å². The number of aliphatic hydroxyl groups is 1. The second-order valence-electron chi connectivity index (χ2n) is 22.1. The number of rotatable bonds is 21. The number of hydrogen-bond acceptors (Lipinski definition) is 16.